The molecule has 2 unspecified atom stereocenters. The van der Waals surface area contributed by atoms with Crippen LogP contribution in [0.5, 0.6) is 0 Å². The summed E-state index contributed by atoms with van der Waals surface area (Å²) in [6.07, 6.45) is 6.39. The molecule has 19 heavy (non-hydrogen) atoms. The third-order valence-corrected chi connectivity index (χ3v) is 3.26. The van der Waals surface area contributed by atoms with Crippen molar-refractivity contribution in [1.29, 1.82) is 0 Å². The van der Waals surface area contributed by atoms with Crippen LogP contribution in [-0.4, -0.2) is 28.9 Å². The number of nitrogens with zero attached hydrogens (tertiary/aromatic N) is 2. The molecule has 1 rings (SSSR count). The monoisotopic (exact) mass is 263 g/mol. The first-order valence-corrected chi connectivity index (χ1v) is 6.90. The van der Waals surface area contributed by atoms with Gasteiger partial charge in [-0.15, -0.1) is 0 Å². The maximum absolute atomic E-state index is 12.2. The van der Waals surface area contributed by atoms with Crippen LogP contribution in [0.3, 0.4) is 0 Å². The van der Waals surface area contributed by atoms with Gasteiger partial charge in [-0.05, 0) is 37.5 Å². The molecule has 4 heteroatoms. The van der Waals surface area contributed by atoms with E-state index in [1.54, 1.807) is 17.3 Å². The summed E-state index contributed by atoms with van der Waals surface area (Å²) in [7, 11) is 1.85. The van der Waals surface area contributed by atoms with Gasteiger partial charge in [0, 0.05) is 37.9 Å². The van der Waals surface area contributed by atoms with E-state index in [0.29, 0.717) is 6.54 Å². The Morgan fingerprint density at radius 1 is 1.32 bits per heavy atom. The van der Waals surface area contributed by atoms with Crippen LogP contribution in [0, 0.1) is 5.92 Å². The van der Waals surface area contributed by atoms with Crippen molar-refractivity contribution in [3.63, 3.8) is 0 Å². The van der Waals surface area contributed by atoms with Gasteiger partial charge >= 0.3 is 0 Å². The lowest BCUT2D eigenvalue weighted by Gasteiger charge is -2.21. The molecule has 0 saturated heterocycles. The summed E-state index contributed by atoms with van der Waals surface area (Å²) in [5, 5.41) is 0. The van der Waals surface area contributed by atoms with E-state index in [-0.39, 0.29) is 17.9 Å². The minimum Gasteiger partial charge on any atom is -0.341 e. The molecule has 0 saturated carbocycles. The number of nitrogens with two attached hydrogens (primary N) is 1. The Labute approximate surface area is 116 Å². The molecule has 1 aromatic rings. The Bertz CT molecular complexity index is 378. The Morgan fingerprint density at radius 3 is 2.53 bits per heavy atom. The van der Waals surface area contributed by atoms with E-state index < -0.39 is 0 Å². The molecule has 0 aliphatic carbocycles. The van der Waals surface area contributed by atoms with E-state index in [9.17, 15) is 4.79 Å². The fourth-order valence-corrected chi connectivity index (χ4v) is 2.09. The second kappa shape index (κ2) is 7.89. The van der Waals surface area contributed by atoms with Gasteiger partial charge in [0.05, 0.1) is 0 Å². The van der Waals surface area contributed by atoms with E-state index in [0.717, 1.165) is 24.8 Å². The molecule has 1 amide bonds. The Morgan fingerprint density at radius 2 is 1.95 bits per heavy atom. The van der Waals surface area contributed by atoms with E-state index in [1.807, 2.05) is 33.0 Å². The van der Waals surface area contributed by atoms with Crippen molar-refractivity contribution in [3.8, 4) is 0 Å². The smallest absolute Gasteiger partial charge is 0.225 e. The number of carbonyl (C=O) groups excluding carboxylic acids is 1. The third kappa shape index (κ3) is 5.83. The van der Waals surface area contributed by atoms with Gasteiger partial charge < -0.3 is 10.6 Å². The van der Waals surface area contributed by atoms with Crippen LogP contribution >= 0.6 is 0 Å². The summed E-state index contributed by atoms with van der Waals surface area (Å²) in [5.74, 6) is 0.257. The first-order valence-electron chi connectivity index (χ1n) is 6.90. The highest BCUT2D eigenvalue weighted by molar-refractivity contribution is 5.78. The number of amides is 1. The molecule has 0 aliphatic rings. The van der Waals surface area contributed by atoms with Crippen molar-refractivity contribution in [3.05, 3.63) is 30.1 Å². The predicted molar refractivity (Wildman–Crippen MR) is 77.4 cm³/mol. The molecule has 0 fully saturated rings. The van der Waals surface area contributed by atoms with Crippen molar-refractivity contribution in [2.75, 3.05) is 7.05 Å². The summed E-state index contributed by atoms with van der Waals surface area (Å²) in [6.45, 7) is 4.63. The molecule has 106 valence electrons. The van der Waals surface area contributed by atoms with E-state index in [1.165, 1.54) is 0 Å². The van der Waals surface area contributed by atoms with Crippen LogP contribution < -0.4 is 5.73 Å². The van der Waals surface area contributed by atoms with Gasteiger partial charge in [-0.25, -0.2) is 0 Å². The van der Waals surface area contributed by atoms with Crippen molar-refractivity contribution < 1.29 is 4.79 Å². The minimum absolute atomic E-state index is 0.0607. The van der Waals surface area contributed by atoms with Crippen LogP contribution in [0.25, 0.3) is 0 Å². The minimum atomic E-state index is 0.0607. The Kier molecular flexibility index (Phi) is 6.50. The molecule has 1 aromatic heterocycles. The topological polar surface area (TPSA) is 59.2 Å². The number of rotatable bonds is 7. The molecule has 1 heterocycles. The van der Waals surface area contributed by atoms with Crippen molar-refractivity contribution in [1.82, 2.24) is 9.88 Å². The SMILES string of the molecule is CC(N)CCCC(C)C(=O)N(C)Cc1ccncc1. The number of pyridine rings is 1. The summed E-state index contributed by atoms with van der Waals surface area (Å²) in [4.78, 5) is 18.0. The first kappa shape index (κ1) is 15.6. The van der Waals surface area contributed by atoms with Crippen LogP contribution in [-0.2, 0) is 11.3 Å². The number of aromatic nitrogens is 1. The molecule has 2 atom stereocenters. The molecule has 0 spiro atoms. The van der Waals surface area contributed by atoms with Crippen LogP contribution in [0.15, 0.2) is 24.5 Å². The highest BCUT2D eigenvalue weighted by atomic mass is 16.2. The van der Waals surface area contributed by atoms with Crippen molar-refractivity contribution in [2.45, 2.75) is 45.7 Å². The van der Waals surface area contributed by atoms with Gasteiger partial charge in [0.25, 0.3) is 0 Å². The van der Waals surface area contributed by atoms with Crippen LogP contribution in [0.4, 0.5) is 0 Å². The van der Waals surface area contributed by atoms with Crippen LogP contribution in [0.1, 0.15) is 38.7 Å². The normalized spacial score (nSPS) is 13.9. The summed E-state index contributed by atoms with van der Waals surface area (Å²) in [5.41, 5.74) is 6.82. The second-order valence-electron chi connectivity index (χ2n) is 5.36. The van der Waals surface area contributed by atoms with Gasteiger partial charge in [-0.1, -0.05) is 13.3 Å². The lowest BCUT2D eigenvalue weighted by molar-refractivity contribution is -0.134. The number of carbonyl (C=O) groups is 1. The molecule has 0 bridgehead atoms. The lowest BCUT2D eigenvalue weighted by atomic mass is 10.0. The van der Waals surface area contributed by atoms with Crippen molar-refractivity contribution in [2.24, 2.45) is 11.7 Å². The molecule has 4 nitrogen and oxygen atoms in total. The summed E-state index contributed by atoms with van der Waals surface area (Å²) in [6, 6.07) is 4.09. The zero-order chi connectivity index (χ0) is 14.3. The van der Waals surface area contributed by atoms with E-state index in [4.69, 9.17) is 5.73 Å². The average Bonchev–Trinajstić information content (AvgIpc) is 2.38. The van der Waals surface area contributed by atoms with Gasteiger partial charge in [-0.2, -0.15) is 0 Å². The number of hydrogen-bond donors (Lipinski definition) is 1. The van der Waals surface area contributed by atoms with Crippen molar-refractivity contribution >= 4 is 5.91 Å². The fraction of sp³-hybridized carbons (Fsp3) is 0.600. The fourth-order valence-electron chi connectivity index (χ4n) is 2.09. The quantitative estimate of drug-likeness (QED) is 0.820. The van der Waals surface area contributed by atoms with Gasteiger partial charge in [0.2, 0.25) is 5.91 Å². The van der Waals surface area contributed by atoms with Crippen LogP contribution in [0.2, 0.25) is 0 Å². The lowest BCUT2D eigenvalue weighted by Crippen LogP contribution is -2.31. The largest absolute Gasteiger partial charge is 0.341 e. The Hall–Kier alpha value is -1.42. The van der Waals surface area contributed by atoms with E-state index in [2.05, 4.69) is 4.98 Å². The zero-order valence-electron chi connectivity index (χ0n) is 12.2. The average molecular weight is 263 g/mol. The van der Waals surface area contributed by atoms with E-state index >= 15 is 0 Å². The number of hydrogen-bond acceptors (Lipinski definition) is 3. The maximum Gasteiger partial charge on any atom is 0.225 e. The highest BCUT2D eigenvalue weighted by Gasteiger charge is 2.17. The second-order valence-corrected chi connectivity index (χ2v) is 5.36. The zero-order valence-corrected chi connectivity index (χ0v) is 12.2. The molecule has 0 aliphatic heterocycles. The maximum atomic E-state index is 12.2. The highest BCUT2D eigenvalue weighted by Crippen LogP contribution is 2.13. The third-order valence-electron chi connectivity index (χ3n) is 3.26. The Balaban J connectivity index is 2.39. The molecular formula is C15H25N3O. The predicted octanol–water partition coefficient (Wildman–Crippen LogP) is 2.19. The molecular weight excluding hydrogens is 238 g/mol. The van der Waals surface area contributed by atoms with Gasteiger partial charge in [0.1, 0.15) is 0 Å². The first-order chi connectivity index (χ1) is 9.00. The van der Waals surface area contributed by atoms with Gasteiger partial charge in [-0.3, -0.25) is 9.78 Å². The molecule has 0 aromatic carbocycles. The molecule has 2 N–H and O–H groups in total. The standard InChI is InChI=1S/C15H25N3O/c1-12(5-4-6-13(2)16)15(19)18(3)11-14-7-9-17-10-8-14/h7-10,12-13H,4-6,11,16H2,1-3H3. The van der Waals surface area contributed by atoms with Gasteiger partial charge in [0.15, 0.2) is 0 Å². The summed E-state index contributed by atoms with van der Waals surface area (Å²) >= 11 is 0. The molecule has 0 radical (unpaired) electrons. The summed E-state index contributed by atoms with van der Waals surface area (Å²) < 4.78 is 0.